The SMILES string of the molecule is C[C@@H]1CN(C(=O)c2ccccc2Nc2ccc(C(F)(F)F)cc2)C(CCCN=C(N)N)CN1C(=O)Cc1ccc2ccccc2c1. The van der Waals surface area contributed by atoms with Crippen molar-refractivity contribution in [3.63, 3.8) is 0 Å². The van der Waals surface area contributed by atoms with E-state index < -0.39 is 11.7 Å². The molecule has 0 saturated carbocycles. The Morgan fingerprint density at radius 2 is 1.59 bits per heavy atom. The Hall–Kier alpha value is -5.06. The van der Waals surface area contributed by atoms with Crippen molar-refractivity contribution in [3.05, 3.63) is 108 Å². The van der Waals surface area contributed by atoms with Crippen LogP contribution >= 0.6 is 0 Å². The Labute approximate surface area is 265 Å². The Kier molecular flexibility index (Phi) is 9.79. The molecule has 1 unspecified atom stereocenters. The number of piperazine rings is 1. The van der Waals surface area contributed by atoms with E-state index in [2.05, 4.69) is 10.3 Å². The number of guanidine groups is 1. The first-order valence-corrected chi connectivity index (χ1v) is 15.2. The average Bonchev–Trinajstić information content (AvgIpc) is 3.03. The Bertz CT molecular complexity index is 1720. The first-order valence-electron chi connectivity index (χ1n) is 15.2. The van der Waals surface area contributed by atoms with Gasteiger partial charge in [-0.25, -0.2) is 0 Å². The third-order valence-corrected chi connectivity index (χ3v) is 8.23. The quantitative estimate of drug-likeness (QED) is 0.120. The van der Waals surface area contributed by atoms with Gasteiger partial charge in [0.15, 0.2) is 5.96 Å². The number of carbonyl (C=O) groups excluding carboxylic acids is 2. The number of fused-ring (bicyclic) bond motifs is 1. The number of halogens is 3. The van der Waals surface area contributed by atoms with Crippen molar-refractivity contribution in [2.45, 2.75) is 44.4 Å². The second-order valence-corrected chi connectivity index (χ2v) is 11.6. The lowest BCUT2D eigenvalue weighted by Crippen LogP contribution is -2.60. The summed E-state index contributed by atoms with van der Waals surface area (Å²) >= 11 is 0. The molecule has 1 saturated heterocycles. The summed E-state index contributed by atoms with van der Waals surface area (Å²) in [4.78, 5) is 35.5. The lowest BCUT2D eigenvalue weighted by atomic mass is 9.99. The third-order valence-electron chi connectivity index (χ3n) is 8.23. The number of nitrogens with zero attached hydrogens (tertiary/aromatic N) is 3. The van der Waals surface area contributed by atoms with Gasteiger partial charge in [-0.1, -0.05) is 54.6 Å². The Balaban J connectivity index is 1.35. The standard InChI is InChI=1S/C35H37F3N6O2/c1-23-21-44(33(46)30-10-4-5-11-31(30)42-28-16-14-27(15-17-28)35(36,37)38)29(9-6-18-41-34(39)40)22-43(23)32(45)20-24-12-13-25-7-2-3-8-26(25)19-24/h2-5,7-8,10-17,19,23,29,42H,6,9,18,20-22H2,1H3,(H4,39,40,41)/t23-,29?/m1/s1. The van der Waals surface area contributed by atoms with Crippen LogP contribution in [0.5, 0.6) is 0 Å². The van der Waals surface area contributed by atoms with Crippen LogP contribution in [0, 0.1) is 0 Å². The van der Waals surface area contributed by atoms with Gasteiger partial charge in [-0.15, -0.1) is 0 Å². The number of para-hydroxylation sites is 1. The van der Waals surface area contributed by atoms with E-state index in [-0.39, 0.29) is 36.3 Å². The lowest BCUT2D eigenvalue weighted by Gasteiger charge is -2.45. The zero-order valence-electron chi connectivity index (χ0n) is 25.5. The predicted octanol–water partition coefficient (Wildman–Crippen LogP) is 5.94. The van der Waals surface area contributed by atoms with E-state index in [9.17, 15) is 22.8 Å². The molecular weight excluding hydrogens is 593 g/mol. The summed E-state index contributed by atoms with van der Waals surface area (Å²) in [7, 11) is 0. The van der Waals surface area contributed by atoms with Gasteiger partial charge in [0.05, 0.1) is 23.2 Å². The van der Waals surface area contributed by atoms with Gasteiger partial charge in [0.1, 0.15) is 0 Å². The van der Waals surface area contributed by atoms with Gasteiger partial charge in [0.25, 0.3) is 5.91 Å². The van der Waals surface area contributed by atoms with Crippen molar-refractivity contribution in [1.82, 2.24) is 9.80 Å². The van der Waals surface area contributed by atoms with Crippen molar-refractivity contribution in [1.29, 1.82) is 0 Å². The second kappa shape index (κ2) is 13.9. The van der Waals surface area contributed by atoms with Crippen molar-refractivity contribution < 1.29 is 22.8 Å². The number of nitrogens with one attached hydrogen (secondary N) is 1. The molecule has 4 aromatic carbocycles. The van der Waals surface area contributed by atoms with Crippen molar-refractivity contribution in [2.24, 2.45) is 16.5 Å². The van der Waals surface area contributed by atoms with Crippen LogP contribution in [-0.2, 0) is 17.4 Å². The average molecular weight is 631 g/mol. The van der Waals surface area contributed by atoms with E-state index >= 15 is 0 Å². The monoisotopic (exact) mass is 630 g/mol. The number of amides is 2. The Morgan fingerprint density at radius 3 is 2.30 bits per heavy atom. The molecule has 5 N–H and O–H groups in total. The van der Waals surface area contributed by atoms with E-state index in [0.29, 0.717) is 49.4 Å². The highest BCUT2D eigenvalue weighted by atomic mass is 19.4. The minimum Gasteiger partial charge on any atom is -0.370 e. The molecule has 1 aliphatic heterocycles. The van der Waals surface area contributed by atoms with Gasteiger partial charge in [-0.2, -0.15) is 13.2 Å². The molecule has 0 aliphatic carbocycles. The summed E-state index contributed by atoms with van der Waals surface area (Å²) < 4.78 is 39.2. The maximum atomic E-state index is 14.2. The smallest absolute Gasteiger partial charge is 0.370 e. The number of aliphatic imine (C=N–C) groups is 1. The fourth-order valence-electron chi connectivity index (χ4n) is 5.87. The van der Waals surface area contributed by atoms with Crippen molar-refractivity contribution in [3.8, 4) is 0 Å². The topological polar surface area (TPSA) is 117 Å². The number of nitrogens with two attached hydrogens (primary N) is 2. The van der Waals surface area contributed by atoms with Gasteiger partial charge in [0.2, 0.25) is 5.91 Å². The van der Waals surface area contributed by atoms with Crippen LogP contribution in [0.25, 0.3) is 10.8 Å². The molecule has 0 aromatic heterocycles. The molecular formula is C35H37F3N6O2. The maximum absolute atomic E-state index is 14.2. The van der Waals surface area contributed by atoms with Crippen LogP contribution in [0.3, 0.4) is 0 Å². The first kappa shape index (κ1) is 32.3. The third kappa shape index (κ3) is 7.77. The number of anilines is 2. The summed E-state index contributed by atoms with van der Waals surface area (Å²) in [6.07, 6.45) is -3.05. The van der Waals surface area contributed by atoms with E-state index in [0.717, 1.165) is 28.5 Å². The van der Waals surface area contributed by atoms with Crippen LogP contribution in [-0.4, -0.2) is 59.3 Å². The maximum Gasteiger partial charge on any atom is 0.416 e. The van der Waals surface area contributed by atoms with E-state index in [1.54, 1.807) is 29.2 Å². The largest absolute Gasteiger partial charge is 0.416 e. The van der Waals surface area contributed by atoms with Gasteiger partial charge >= 0.3 is 6.18 Å². The lowest BCUT2D eigenvalue weighted by molar-refractivity contribution is -0.137. The highest BCUT2D eigenvalue weighted by molar-refractivity contribution is 6.00. The molecule has 2 atom stereocenters. The van der Waals surface area contributed by atoms with Crippen LogP contribution in [0.15, 0.2) is 96.0 Å². The molecule has 5 rings (SSSR count). The second-order valence-electron chi connectivity index (χ2n) is 11.6. The summed E-state index contributed by atoms with van der Waals surface area (Å²) in [6, 6.07) is 25.0. The molecule has 240 valence electrons. The van der Waals surface area contributed by atoms with Crippen molar-refractivity contribution >= 4 is 39.9 Å². The molecule has 46 heavy (non-hydrogen) atoms. The first-order chi connectivity index (χ1) is 22.0. The zero-order chi connectivity index (χ0) is 32.8. The molecule has 11 heteroatoms. The molecule has 1 aliphatic rings. The normalized spacial score (nSPS) is 16.7. The van der Waals surface area contributed by atoms with E-state index in [1.165, 1.54) is 12.1 Å². The van der Waals surface area contributed by atoms with E-state index in [1.807, 2.05) is 54.3 Å². The summed E-state index contributed by atoms with van der Waals surface area (Å²) in [5, 5.41) is 5.28. The van der Waals surface area contributed by atoms with Gasteiger partial charge in [0, 0.05) is 37.4 Å². The highest BCUT2D eigenvalue weighted by Crippen LogP contribution is 2.32. The van der Waals surface area contributed by atoms with E-state index in [4.69, 9.17) is 11.5 Å². The van der Waals surface area contributed by atoms with Gasteiger partial charge in [-0.05, 0) is 72.5 Å². The predicted molar refractivity (Wildman–Crippen MR) is 175 cm³/mol. The minimum absolute atomic E-state index is 0.0133. The summed E-state index contributed by atoms with van der Waals surface area (Å²) in [6.45, 7) is 2.97. The van der Waals surface area contributed by atoms with Gasteiger partial charge < -0.3 is 26.6 Å². The molecule has 2 amide bonds. The molecule has 0 spiro atoms. The molecule has 1 fully saturated rings. The summed E-state index contributed by atoms with van der Waals surface area (Å²) in [5.41, 5.74) is 12.4. The highest BCUT2D eigenvalue weighted by Gasteiger charge is 2.37. The van der Waals surface area contributed by atoms with Crippen LogP contribution in [0.1, 0.15) is 41.3 Å². The summed E-state index contributed by atoms with van der Waals surface area (Å²) in [5.74, 6) is -0.274. The fourth-order valence-corrected chi connectivity index (χ4v) is 5.87. The number of hydrogen-bond acceptors (Lipinski definition) is 4. The van der Waals surface area contributed by atoms with Gasteiger partial charge in [-0.3, -0.25) is 14.6 Å². The number of carbonyl (C=O) groups is 2. The van der Waals surface area contributed by atoms with Crippen LogP contribution in [0.4, 0.5) is 24.5 Å². The molecule has 0 radical (unpaired) electrons. The van der Waals surface area contributed by atoms with Crippen LogP contribution in [0.2, 0.25) is 0 Å². The number of rotatable bonds is 9. The number of hydrogen-bond donors (Lipinski definition) is 3. The zero-order valence-corrected chi connectivity index (χ0v) is 25.5. The van der Waals surface area contributed by atoms with Crippen LogP contribution < -0.4 is 16.8 Å². The molecule has 4 aromatic rings. The minimum atomic E-state index is -4.45. The number of alkyl halides is 3. The van der Waals surface area contributed by atoms with Crippen molar-refractivity contribution in [2.75, 3.05) is 25.0 Å². The Morgan fingerprint density at radius 1 is 0.891 bits per heavy atom. The fraction of sp³-hybridized carbons (Fsp3) is 0.286. The molecule has 0 bridgehead atoms. The molecule has 8 nitrogen and oxygen atoms in total. The number of benzene rings is 4. The molecule has 1 heterocycles.